The summed E-state index contributed by atoms with van der Waals surface area (Å²) in [6.07, 6.45) is 6.37. The van der Waals surface area contributed by atoms with Crippen molar-refractivity contribution in [3.05, 3.63) is 83.9 Å². The van der Waals surface area contributed by atoms with Gasteiger partial charge < -0.3 is 5.11 Å². The number of carboxylic acids is 1. The van der Waals surface area contributed by atoms with Gasteiger partial charge in [0.25, 0.3) is 0 Å². The molecule has 0 amide bonds. The highest BCUT2D eigenvalue weighted by atomic mass is 32.2. The number of rotatable bonds is 7. The Labute approximate surface area is 159 Å². The molecule has 1 aromatic heterocycles. The highest BCUT2D eigenvalue weighted by Crippen LogP contribution is 2.23. The lowest BCUT2D eigenvalue weighted by molar-refractivity contribution is -0.133. The van der Waals surface area contributed by atoms with E-state index in [9.17, 15) is 14.0 Å². The number of aliphatic carboxylic acids is 1. The van der Waals surface area contributed by atoms with Gasteiger partial charge in [0.1, 0.15) is 5.82 Å². The number of hydrogen-bond acceptors (Lipinski definition) is 4. The van der Waals surface area contributed by atoms with E-state index in [-0.39, 0.29) is 22.0 Å². The summed E-state index contributed by atoms with van der Waals surface area (Å²) in [5, 5.41) is 12.9. The topological polar surface area (TPSA) is 72.2 Å². The maximum atomic E-state index is 14.0. The van der Waals surface area contributed by atoms with Gasteiger partial charge in [-0.1, -0.05) is 18.2 Å². The first-order valence-electron chi connectivity index (χ1n) is 7.99. The van der Waals surface area contributed by atoms with Crippen LogP contribution in [0.1, 0.15) is 15.9 Å². The lowest BCUT2D eigenvalue weighted by Crippen LogP contribution is -2.00. The summed E-state index contributed by atoms with van der Waals surface area (Å²) >= 11 is 0.872. The normalized spacial score (nSPS) is 11.0. The van der Waals surface area contributed by atoms with Crippen molar-refractivity contribution in [3.63, 3.8) is 0 Å². The number of nitrogens with zero attached hydrogens (tertiary/aromatic N) is 2. The SMILES string of the molecule is O=C(O)CSc1ccc(C(=O)/C=C/c2cnn(-c3ccccc3)c2)cc1F. The Bertz CT molecular complexity index is 999. The van der Waals surface area contributed by atoms with Crippen LogP contribution in [0.5, 0.6) is 0 Å². The van der Waals surface area contributed by atoms with E-state index < -0.39 is 11.8 Å². The first-order valence-corrected chi connectivity index (χ1v) is 8.98. The highest BCUT2D eigenvalue weighted by Gasteiger charge is 2.10. The molecule has 3 aromatic rings. The number of aromatic nitrogens is 2. The Balaban J connectivity index is 1.69. The molecular formula is C20H15FN2O3S. The molecule has 27 heavy (non-hydrogen) atoms. The van der Waals surface area contributed by atoms with Gasteiger partial charge in [-0.25, -0.2) is 9.07 Å². The average Bonchev–Trinajstić information content (AvgIpc) is 3.14. The summed E-state index contributed by atoms with van der Waals surface area (Å²) < 4.78 is 15.7. The molecule has 1 heterocycles. The van der Waals surface area contributed by atoms with Crippen molar-refractivity contribution in [1.82, 2.24) is 9.78 Å². The predicted molar refractivity (Wildman–Crippen MR) is 102 cm³/mol. The van der Waals surface area contributed by atoms with Crippen LogP contribution in [0.2, 0.25) is 0 Å². The number of allylic oxidation sites excluding steroid dienone is 1. The number of carboxylic acid groups (broad SMARTS) is 1. The van der Waals surface area contributed by atoms with Crippen LogP contribution in [0.25, 0.3) is 11.8 Å². The molecule has 0 spiro atoms. The highest BCUT2D eigenvalue weighted by molar-refractivity contribution is 8.00. The quantitative estimate of drug-likeness (QED) is 0.379. The van der Waals surface area contributed by atoms with E-state index >= 15 is 0 Å². The van der Waals surface area contributed by atoms with Crippen molar-refractivity contribution >= 4 is 29.6 Å². The molecular weight excluding hydrogens is 367 g/mol. The Morgan fingerprint density at radius 3 is 2.67 bits per heavy atom. The Kier molecular flexibility index (Phi) is 5.83. The molecule has 0 radical (unpaired) electrons. The Hall–Kier alpha value is -3.19. The third-order valence-corrected chi connectivity index (χ3v) is 4.65. The molecule has 0 aliphatic carbocycles. The summed E-state index contributed by atoms with van der Waals surface area (Å²) in [5.41, 5.74) is 1.83. The number of para-hydroxylation sites is 1. The molecule has 0 aliphatic rings. The minimum atomic E-state index is -1.03. The van der Waals surface area contributed by atoms with Crippen molar-refractivity contribution in [3.8, 4) is 5.69 Å². The van der Waals surface area contributed by atoms with E-state index in [1.54, 1.807) is 23.2 Å². The molecule has 0 saturated carbocycles. The van der Waals surface area contributed by atoms with Gasteiger partial charge in [0.2, 0.25) is 0 Å². The molecule has 5 nitrogen and oxygen atoms in total. The summed E-state index contributed by atoms with van der Waals surface area (Å²) in [5.74, 6) is -2.23. The second-order valence-corrected chi connectivity index (χ2v) is 6.60. The van der Waals surface area contributed by atoms with Gasteiger partial charge in [-0.3, -0.25) is 9.59 Å². The van der Waals surface area contributed by atoms with Gasteiger partial charge in [-0.15, -0.1) is 11.8 Å². The molecule has 7 heteroatoms. The minimum Gasteiger partial charge on any atom is -0.481 e. The fourth-order valence-corrected chi connectivity index (χ4v) is 2.96. The van der Waals surface area contributed by atoms with E-state index in [2.05, 4.69) is 5.10 Å². The van der Waals surface area contributed by atoms with Crippen molar-refractivity contribution in [1.29, 1.82) is 0 Å². The van der Waals surface area contributed by atoms with E-state index in [1.807, 2.05) is 30.3 Å². The van der Waals surface area contributed by atoms with Crippen LogP contribution in [0, 0.1) is 5.82 Å². The van der Waals surface area contributed by atoms with Gasteiger partial charge in [-0.2, -0.15) is 5.10 Å². The van der Waals surface area contributed by atoms with Crippen LogP contribution < -0.4 is 0 Å². The molecule has 3 rings (SSSR count). The van der Waals surface area contributed by atoms with Crippen LogP contribution in [-0.2, 0) is 4.79 Å². The molecule has 0 unspecified atom stereocenters. The molecule has 0 atom stereocenters. The monoisotopic (exact) mass is 382 g/mol. The van der Waals surface area contributed by atoms with Crippen molar-refractivity contribution in [2.45, 2.75) is 4.90 Å². The maximum Gasteiger partial charge on any atom is 0.313 e. The second kappa shape index (κ2) is 8.46. The third kappa shape index (κ3) is 4.92. The Morgan fingerprint density at radius 1 is 1.19 bits per heavy atom. The predicted octanol–water partition coefficient (Wildman–Crippen LogP) is 4.08. The Morgan fingerprint density at radius 2 is 1.96 bits per heavy atom. The number of ketones is 1. The largest absolute Gasteiger partial charge is 0.481 e. The zero-order valence-corrected chi connectivity index (χ0v) is 14.9. The third-order valence-electron chi connectivity index (χ3n) is 3.62. The van der Waals surface area contributed by atoms with Crippen LogP contribution in [0.4, 0.5) is 4.39 Å². The number of carbonyl (C=O) groups is 2. The molecule has 136 valence electrons. The number of benzene rings is 2. The van der Waals surface area contributed by atoms with Gasteiger partial charge >= 0.3 is 5.97 Å². The fraction of sp³-hybridized carbons (Fsp3) is 0.0500. The first kappa shape index (κ1) is 18.6. The number of thioether (sulfide) groups is 1. The molecule has 0 fully saturated rings. The fourth-order valence-electron chi connectivity index (χ4n) is 2.32. The molecule has 0 saturated heterocycles. The summed E-state index contributed by atoms with van der Waals surface area (Å²) in [4.78, 5) is 23.0. The lowest BCUT2D eigenvalue weighted by Gasteiger charge is -2.02. The van der Waals surface area contributed by atoms with Gasteiger partial charge in [0.05, 0.1) is 17.6 Å². The molecule has 2 aromatic carbocycles. The van der Waals surface area contributed by atoms with Crippen molar-refractivity contribution in [2.75, 3.05) is 5.75 Å². The number of hydrogen-bond donors (Lipinski definition) is 1. The van der Waals surface area contributed by atoms with E-state index in [1.165, 1.54) is 18.2 Å². The maximum absolute atomic E-state index is 14.0. The van der Waals surface area contributed by atoms with E-state index in [0.717, 1.165) is 29.1 Å². The van der Waals surface area contributed by atoms with Crippen LogP contribution in [0.15, 0.2) is 71.9 Å². The zero-order valence-electron chi connectivity index (χ0n) is 14.1. The minimum absolute atomic E-state index is 0.193. The summed E-state index contributed by atoms with van der Waals surface area (Å²) in [7, 11) is 0. The van der Waals surface area contributed by atoms with E-state index in [0.29, 0.717) is 0 Å². The number of halogens is 1. The summed E-state index contributed by atoms with van der Waals surface area (Å²) in [6, 6.07) is 13.6. The van der Waals surface area contributed by atoms with Gasteiger partial charge in [-0.05, 0) is 42.5 Å². The van der Waals surface area contributed by atoms with Crippen molar-refractivity contribution in [2.24, 2.45) is 0 Å². The smallest absolute Gasteiger partial charge is 0.313 e. The van der Waals surface area contributed by atoms with Crippen molar-refractivity contribution < 1.29 is 19.1 Å². The van der Waals surface area contributed by atoms with Crippen LogP contribution >= 0.6 is 11.8 Å². The van der Waals surface area contributed by atoms with E-state index in [4.69, 9.17) is 5.11 Å². The van der Waals surface area contributed by atoms with Crippen LogP contribution in [-0.4, -0.2) is 32.4 Å². The standard InChI is InChI=1S/C20H15FN2O3S/c21-17-10-15(7-9-19(17)27-13-20(25)26)18(24)8-6-14-11-22-23(12-14)16-4-2-1-3-5-16/h1-12H,13H2,(H,25,26)/b8-6+. The molecule has 0 aliphatic heterocycles. The summed E-state index contributed by atoms with van der Waals surface area (Å²) in [6.45, 7) is 0. The average molecular weight is 382 g/mol. The second-order valence-electron chi connectivity index (χ2n) is 5.58. The lowest BCUT2D eigenvalue weighted by atomic mass is 10.1. The van der Waals surface area contributed by atoms with Crippen LogP contribution in [0.3, 0.4) is 0 Å². The van der Waals surface area contributed by atoms with Gasteiger partial charge in [0, 0.05) is 22.2 Å². The first-order chi connectivity index (χ1) is 13.0. The molecule has 0 bridgehead atoms. The zero-order chi connectivity index (χ0) is 19.2. The molecule has 1 N–H and O–H groups in total. The van der Waals surface area contributed by atoms with Gasteiger partial charge in [0.15, 0.2) is 5.78 Å². The number of carbonyl (C=O) groups excluding carboxylic acids is 1.